The van der Waals surface area contributed by atoms with Crippen LogP contribution in [0.2, 0.25) is 0 Å². The summed E-state index contributed by atoms with van der Waals surface area (Å²) in [4.78, 5) is 0. The average Bonchev–Trinajstić information content (AvgIpc) is 2.63. The molecule has 2 aromatic rings. The summed E-state index contributed by atoms with van der Waals surface area (Å²) in [6.07, 6.45) is 0. The van der Waals surface area contributed by atoms with Crippen molar-refractivity contribution in [3.63, 3.8) is 0 Å². The second-order valence-electron chi connectivity index (χ2n) is 5.01. The van der Waals surface area contributed by atoms with Gasteiger partial charge < -0.3 is 0 Å². The van der Waals surface area contributed by atoms with E-state index in [-0.39, 0.29) is 6.54 Å². The van der Waals surface area contributed by atoms with Gasteiger partial charge >= 0.3 is 0 Å². The Bertz CT molecular complexity index is 702. The zero-order valence-corrected chi connectivity index (χ0v) is 12.5. The molecule has 0 fully saturated rings. The van der Waals surface area contributed by atoms with E-state index in [4.69, 9.17) is 0 Å². The molecule has 0 aliphatic heterocycles. The van der Waals surface area contributed by atoms with Crippen molar-refractivity contribution in [1.29, 1.82) is 0 Å². The molecular formula is C13H19N3O2S. The molecule has 0 amide bonds. The fourth-order valence-electron chi connectivity index (χ4n) is 1.92. The molecule has 0 unspecified atom stereocenters. The van der Waals surface area contributed by atoms with E-state index in [0.717, 1.165) is 22.2 Å². The van der Waals surface area contributed by atoms with Crippen molar-refractivity contribution in [2.75, 3.05) is 0 Å². The first kappa shape index (κ1) is 14.0. The van der Waals surface area contributed by atoms with Crippen LogP contribution in [0.15, 0.2) is 18.2 Å². The maximum absolute atomic E-state index is 11.8. The van der Waals surface area contributed by atoms with Crippen LogP contribution in [0.3, 0.4) is 0 Å². The van der Waals surface area contributed by atoms with Crippen molar-refractivity contribution in [3.05, 3.63) is 29.5 Å². The minimum Gasteiger partial charge on any atom is -0.268 e. The molecule has 19 heavy (non-hydrogen) atoms. The highest BCUT2D eigenvalue weighted by molar-refractivity contribution is 7.90. The van der Waals surface area contributed by atoms with Gasteiger partial charge in [-0.3, -0.25) is 4.68 Å². The maximum atomic E-state index is 11.8. The Labute approximate surface area is 113 Å². The number of hydrogen-bond donors (Lipinski definition) is 1. The monoisotopic (exact) mass is 281 g/mol. The lowest BCUT2D eigenvalue weighted by Gasteiger charge is -2.08. The van der Waals surface area contributed by atoms with E-state index < -0.39 is 15.3 Å². The van der Waals surface area contributed by atoms with Gasteiger partial charge in [-0.25, -0.2) is 13.1 Å². The lowest BCUT2D eigenvalue weighted by molar-refractivity contribution is 0.570. The Morgan fingerprint density at radius 3 is 2.68 bits per heavy atom. The summed E-state index contributed by atoms with van der Waals surface area (Å²) in [6, 6.07) is 6.05. The minimum absolute atomic E-state index is 0.224. The quantitative estimate of drug-likeness (QED) is 0.928. The van der Waals surface area contributed by atoms with E-state index in [0.29, 0.717) is 0 Å². The zero-order chi connectivity index (χ0) is 14.2. The Kier molecular flexibility index (Phi) is 3.64. The van der Waals surface area contributed by atoms with Crippen molar-refractivity contribution in [3.8, 4) is 0 Å². The first-order chi connectivity index (χ1) is 8.81. The molecule has 0 aliphatic rings. The van der Waals surface area contributed by atoms with Gasteiger partial charge in [0.2, 0.25) is 10.0 Å². The summed E-state index contributed by atoms with van der Waals surface area (Å²) in [5.74, 6) is 0. The van der Waals surface area contributed by atoms with E-state index >= 15 is 0 Å². The van der Waals surface area contributed by atoms with Gasteiger partial charge in [-0.05, 0) is 32.9 Å². The SMILES string of the molecule is Cc1ccc2c(c1)c(CNS(=O)(=O)C(C)C)nn2C. The number of aryl methyl sites for hydroxylation is 2. The van der Waals surface area contributed by atoms with Crippen molar-refractivity contribution in [2.24, 2.45) is 7.05 Å². The Hall–Kier alpha value is -1.40. The highest BCUT2D eigenvalue weighted by Gasteiger charge is 2.17. The van der Waals surface area contributed by atoms with Gasteiger partial charge in [0.15, 0.2) is 0 Å². The lowest BCUT2D eigenvalue weighted by Crippen LogP contribution is -2.30. The van der Waals surface area contributed by atoms with Gasteiger partial charge in [-0.1, -0.05) is 11.6 Å². The largest absolute Gasteiger partial charge is 0.268 e. The van der Waals surface area contributed by atoms with Crippen LogP contribution in [-0.4, -0.2) is 23.4 Å². The molecule has 0 saturated carbocycles. The summed E-state index contributed by atoms with van der Waals surface area (Å²) in [6.45, 7) is 5.54. The molecule has 0 bridgehead atoms. The number of hydrogen-bond acceptors (Lipinski definition) is 3. The van der Waals surface area contributed by atoms with Crippen LogP contribution in [0.5, 0.6) is 0 Å². The summed E-state index contributed by atoms with van der Waals surface area (Å²) in [7, 11) is -1.41. The molecule has 1 aromatic carbocycles. The summed E-state index contributed by atoms with van der Waals surface area (Å²) < 4.78 is 27.9. The fraction of sp³-hybridized carbons (Fsp3) is 0.462. The van der Waals surface area contributed by atoms with Crippen molar-refractivity contribution in [1.82, 2.24) is 14.5 Å². The van der Waals surface area contributed by atoms with E-state index in [9.17, 15) is 8.42 Å². The molecule has 2 rings (SSSR count). The molecule has 6 heteroatoms. The average molecular weight is 281 g/mol. The molecule has 1 aromatic heterocycles. The summed E-state index contributed by atoms with van der Waals surface area (Å²) in [5.41, 5.74) is 2.89. The normalized spacial score (nSPS) is 12.5. The predicted molar refractivity (Wildman–Crippen MR) is 76.3 cm³/mol. The second kappa shape index (κ2) is 4.94. The summed E-state index contributed by atoms with van der Waals surface area (Å²) in [5, 5.41) is 4.94. The lowest BCUT2D eigenvalue weighted by atomic mass is 10.1. The van der Waals surface area contributed by atoms with E-state index in [1.807, 2.05) is 32.2 Å². The predicted octanol–water partition coefficient (Wildman–Crippen LogP) is 1.71. The third kappa shape index (κ3) is 2.79. The van der Waals surface area contributed by atoms with Crippen molar-refractivity contribution < 1.29 is 8.42 Å². The number of rotatable bonds is 4. The van der Waals surface area contributed by atoms with Crippen LogP contribution in [0, 0.1) is 6.92 Å². The number of nitrogens with zero attached hydrogens (tertiary/aromatic N) is 2. The van der Waals surface area contributed by atoms with Gasteiger partial charge in [-0.15, -0.1) is 0 Å². The second-order valence-corrected chi connectivity index (χ2v) is 7.33. The third-order valence-electron chi connectivity index (χ3n) is 3.14. The molecule has 1 N–H and O–H groups in total. The number of aromatic nitrogens is 2. The Balaban J connectivity index is 2.34. The van der Waals surface area contributed by atoms with Gasteiger partial charge in [0.25, 0.3) is 0 Å². The topological polar surface area (TPSA) is 64.0 Å². The van der Waals surface area contributed by atoms with Crippen molar-refractivity contribution >= 4 is 20.9 Å². The summed E-state index contributed by atoms with van der Waals surface area (Å²) >= 11 is 0. The highest BCUT2D eigenvalue weighted by atomic mass is 32.2. The third-order valence-corrected chi connectivity index (χ3v) is 4.93. The molecule has 0 spiro atoms. The molecule has 0 saturated heterocycles. The van der Waals surface area contributed by atoms with E-state index in [1.54, 1.807) is 18.5 Å². The fourth-order valence-corrected chi connectivity index (χ4v) is 2.59. The van der Waals surface area contributed by atoms with Gasteiger partial charge in [0.05, 0.1) is 23.0 Å². The minimum atomic E-state index is -3.27. The van der Waals surface area contributed by atoms with E-state index in [2.05, 4.69) is 9.82 Å². The van der Waals surface area contributed by atoms with Crippen LogP contribution in [0.25, 0.3) is 10.9 Å². The van der Waals surface area contributed by atoms with Gasteiger partial charge in [0.1, 0.15) is 0 Å². The van der Waals surface area contributed by atoms with Crippen LogP contribution in [-0.2, 0) is 23.6 Å². The Morgan fingerprint density at radius 2 is 2.05 bits per heavy atom. The molecule has 0 aliphatic carbocycles. The van der Waals surface area contributed by atoms with Gasteiger partial charge in [-0.2, -0.15) is 5.10 Å². The number of benzene rings is 1. The first-order valence-electron chi connectivity index (χ1n) is 6.22. The number of fused-ring (bicyclic) bond motifs is 1. The molecule has 5 nitrogen and oxygen atoms in total. The molecule has 0 atom stereocenters. The number of nitrogens with one attached hydrogen (secondary N) is 1. The van der Waals surface area contributed by atoms with Crippen LogP contribution >= 0.6 is 0 Å². The van der Waals surface area contributed by atoms with Gasteiger partial charge in [0, 0.05) is 12.4 Å². The Morgan fingerprint density at radius 1 is 1.37 bits per heavy atom. The molecule has 104 valence electrons. The highest BCUT2D eigenvalue weighted by Crippen LogP contribution is 2.19. The zero-order valence-electron chi connectivity index (χ0n) is 11.6. The molecular weight excluding hydrogens is 262 g/mol. The van der Waals surface area contributed by atoms with Crippen molar-refractivity contribution in [2.45, 2.75) is 32.6 Å². The standard InChI is InChI=1S/C13H19N3O2S/c1-9(2)19(17,18)14-8-12-11-7-10(3)5-6-13(11)16(4)15-12/h5-7,9,14H,8H2,1-4H3. The van der Waals surface area contributed by atoms with Crippen LogP contribution in [0.1, 0.15) is 25.1 Å². The molecule has 0 radical (unpaired) electrons. The first-order valence-corrected chi connectivity index (χ1v) is 7.76. The van der Waals surface area contributed by atoms with E-state index in [1.165, 1.54) is 0 Å². The number of sulfonamides is 1. The van der Waals surface area contributed by atoms with Crippen LogP contribution in [0.4, 0.5) is 0 Å². The van der Waals surface area contributed by atoms with Crippen LogP contribution < -0.4 is 4.72 Å². The maximum Gasteiger partial charge on any atom is 0.214 e. The smallest absolute Gasteiger partial charge is 0.214 e. The molecule has 1 heterocycles.